The van der Waals surface area contributed by atoms with E-state index in [4.69, 9.17) is 9.47 Å². The zero-order valence-corrected chi connectivity index (χ0v) is 17.9. The summed E-state index contributed by atoms with van der Waals surface area (Å²) in [6, 6.07) is 24.0. The van der Waals surface area contributed by atoms with E-state index >= 15 is 0 Å². The van der Waals surface area contributed by atoms with Crippen LogP contribution in [0.3, 0.4) is 0 Å². The Hall–Kier alpha value is -3.40. The first kappa shape index (κ1) is 22.3. The molecule has 0 aliphatic heterocycles. The van der Waals surface area contributed by atoms with Crippen molar-refractivity contribution in [2.24, 2.45) is 0 Å². The van der Waals surface area contributed by atoms with Gasteiger partial charge in [-0.3, -0.25) is 4.79 Å². The molecule has 0 bridgehead atoms. The number of carbonyl (C=O) groups excluding carboxylic acids is 2. The molecule has 4 nitrogen and oxygen atoms in total. The van der Waals surface area contributed by atoms with E-state index in [-0.39, 0.29) is 12.4 Å². The Balaban J connectivity index is 1.47. The maximum atomic E-state index is 12.4. The second-order valence-electron chi connectivity index (χ2n) is 7.38. The van der Waals surface area contributed by atoms with E-state index in [2.05, 4.69) is 6.92 Å². The van der Waals surface area contributed by atoms with Crippen LogP contribution in [0, 0.1) is 0 Å². The first-order valence-electron chi connectivity index (χ1n) is 10.8. The van der Waals surface area contributed by atoms with Gasteiger partial charge in [-0.25, -0.2) is 4.79 Å². The zero-order valence-electron chi connectivity index (χ0n) is 17.9. The number of unbranched alkanes of at least 4 members (excludes halogenated alkanes) is 3. The molecule has 3 aromatic carbocycles. The molecule has 0 N–H and O–H groups in total. The minimum absolute atomic E-state index is 0.236. The Kier molecular flexibility index (Phi) is 8.41. The van der Waals surface area contributed by atoms with Gasteiger partial charge in [0.2, 0.25) is 0 Å². The van der Waals surface area contributed by atoms with Crippen molar-refractivity contribution in [1.82, 2.24) is 0 Å². The molecule has 160 valence electrons. The summed E-state index contributed by atoms with van der Waals surface area (Å²) in [5.41, 5.74) is 3.02. The molecule has 0 aromatic heterocycles. The molecule has 0 unspecified atom stereocenters. The molecule has 0 aliphatic rings. The summed E-state index contributed by atoms with van der Waals surface area (Å²) in [5.74, 6) is -0.0358. The summed E-state index contributed by atoms with van der Waals surface area (Å²) in [7, 11) is 0. The van der Waals surface area contributed by atoms with Crippen molar-refractivity contribution in [3.8, 4) is 16.9 Å². The van der Waals surface area contributed by atoms with Crippen LogP contribution in [0.2, 0.25) is 0 Å². The smallest absolute Gasteiger partial charge is 0.338 e. The van der Waals surface area contributed by atoms with Gasteiger partial charge < -0.3 is 9.47 Å². The van der Waals surface area contributed by atoms with Crippen LogP contribution in [-0.2, 0) is 4.74 Å². The third-order valence-corrected chi connectivity index (χ3v) is 5.00. The highest BCUT2D eigenvalue weighted by molar-refractivity contribution is 5.99. The molecule has 0 atom stereocenters. The lowest BCUT2D eigenvalue weighted by molar-refractivity contribution is 0.0474. The molecule has 0 saturated carbocycles. The first-order valence-corrected chi connectivity index (χ1v) is 10.8. The van der Waals surface area contributed by atoms with E-state index in [0.717, 1.165) is 29.7 Å². The highest BCUT2D eigenvalue weighted by atomic mass is 16.5. The molecular formula is C27H28O4. The number of ketones is 1. The summed E-state index contributed by atoms with van der Waals surface area (Å²) in [6.45, 7) is 2.55. The van der Waals surface area contributed by atoms with Crippen molar-refractivity contribution < 1.29 is 19.1 Å². The van der Waals surface area contributed by atoms with Crippen molar-refractivity contribution in [3.63, 3.8) is 0 Å². The van der Waals surface area contributed by atoms with Crippen molar-refractivity contribution >= 4 is 11.8 Å². The molecule has 0 heterocycles. The lowest BCUT2D eigenvalue weighted by Crippen LogP contribution is -2.14. The van der Waals surface area contributed by atoms with Gasteiger partial charge in [0.05, 0.1) is 12.2 Å². The lowest BCUT2D eigenvalue weighted by atomic mass is 10.0. The van der Waals surface area contributed by atoms with Crippen LogP contribution in [0.5, 0.6) is 5.75 Å². The minimum atomic E-state index is -0.524. The Morgan fingerprint density at radius 3 is 2.03 bits per heavy atom. The molecule has 0 spiro atoms. The van der Waals surface area contributed by atoms with Crippen molar-refractivity contribution in [1.29, 1.82) is 0 Å². The van der Waals surface area contributed by atoms with Crippen LogP contribution in [0.4, 0.5) is 0 Å². The molecule has 31 heavy (non-hydrogen) atoms. The first-order chi connectivity index (χ1) is 15.2. The molecule has 0 radical (unpaired) electrons. The largest absolute Gasteiger partial charge is 0.494 e. The molecule has 4 heteroatoms. The molecule has 0 fully saturated rings. The predicted octanol–water partition coefficient (Wildman–Crippen LogP) is 6.35. The quantitative estimate of drug-likeness (QED) is 0.208. The van der Waals surface area contributed by atoms with E-state index in [9.17, 15) is 9.59 Å². The van der Waals surface area contributed by atoms with Gasteiger partial charge in [0.1, 0.15) is 5.75 Å². The molecule has 0 amide bonds. The van der Waals surface area contributed by atoms with Crippen LogP contribution >= 0.6 is 0 Å². The summed E-state index contributed by atoms with van der Waals surface area (Å²) in [4.78, 5) is 24.6. The highest BCUT2D eigenvalue weighted by Gasteiger charge is 2.12. The van der Waals surface area contributed by atoms with Crippen LogP contribution in [0.25, 0.3) is 11.1 Å². The normalized spacial score (nSPS) is 10.5. The number of esters is 1. The van der Waals surface area contributed by atoms with Gasteiger partial charge in [-0.05, 0) is 41.8 Å². The van der Waals surface area contributed by atoms with Gasteiger partial charge in [-0.2, -0.15) is 0 Å². The van der Waals surface area contributed by atoms with Gasteiger partial charge in [-0.15, -0.1) is 0 Å². The Morgan fingerprint density at radius 1 is 0.710 bits per heavy atom. The number of benzene rings is 3. The summed E-state index contributed by atoms with van der Waals surface area (Å²) in [5, 5.41) is 0. The Morgan fingerprint density at radius 2 is 1.35 bits per heavy atom. The SMILES string of the molecule is CCCCCCOc1ccc(C(=O)OCC(=O)c2ccc(-c3ccccc3)cc2)cc1. The number of hydrogen-bond acceptors (Lipinski definition) is 4. The second kappa shape index (κ2) is 11.7. The van der Waals surface area contributed by atoms with Gasteiger partial charge in [0.15, 0.2) is 12.4 Å². The molecule has 3 aromatic rings. The van der Waals surface area contributed by atoms with Crippen LogP contribution in [0.1, 0.15) is 53.3 Å². The van der Waals surface area contributed by atoms with E-state index in [1.54, 1.807) is 36.4 Å². The van der Waals surface area contributed by atoms with E-state index in [0.29, 0.717) is 17.7 Å². The van der Waals surface area contributed by atoms with E-state index in [1.807, 2.05) is 42.5 Å². The monoisotopic (exact) mass is 416 g/mol. The van der Waals surface area contributed by atoms with Gasteiger partial charge in [0, 0.05) is 5.56 Å². The second-order valence-corrected chi connectivity index (χ2v) is 7.38. The highest BCUT2D eigenvalue weighted by Crippen LogP contribution is 2.19. The van der Waals surface area contributed by atoms with Crippen LogP contribution in [-0.4, -0.2) is 25.0 Å². The fourth-order valence-corrected chi connectivity index (χ4v) is 3.18. The standard InChI is InChI=1S/C27H28O4/c1-2-3-4-8-19-30-25-17-15-24(16-18-25)27(29)31-20-26(28)23-13-11-22(12-14-23)21-9-6-5-7-10-21/h5-7,9-18H,2-4,8,19-20H2,1H3. The fraction of sp³-hybridized carbons (Fsp3) is 0.259. The number of ether oxygens (including phenoxy) is 2. The van der Waals surface area contributed by atoms with Crippen molar-refractivity contribution in [2.75, 3.05) is 13.2 Å². The van der Waals surface area contributed by atoms with E-state index < -0.39 is 5.97 Å². The Bertz CT molecular complexity index is 960. The summed E-state index contributed by atoms with van der Waals surface area (Å²) in [6.07, 6.45) is 4.58. The van der Waals surface area contributed by atoms with Crippen LogP contribution in [0.15, 0.2) is 78.9 Å². The maximum Gasteiger partial charge on any atom is 0.338 e. The third kappa shape index (κ3) is 6.82. The van der Waals surface area contributed by atoms with E-state index in [1.165, 1.54) is 12.8 Å². The molecular weight excluding hydrogens is 388 g/mol. The van der Waals surface area contributed by atoms with Gasteiger partial charge in [-0.1, -0.05) is 80.8 Å². The molecule has 3 rings (SSSR count). The number of hydrogen-bond donors (Lipinski definition) is 0. The number of Topliss-reactive ketones (excluding diaryl/α,β-unsaturated/α-hetero) is 1. The topological polar surface area (TPSA) is 52.6 Å². The summed E-state index contributed by atoms with van der Waals surface area (Å²) < 4.78 is 10.9. The molecule has 0 saturated heterocycles. The van der Waals surface area contributed by atoms with Crippen molar-refractivity contribution in [2.45, 2.75) is 32.6 Å². The zero-order chi connectivity index (χ0) is 21.9. The third-order valence-electron chi connectivity index (χ3n) is 5.00. The minimum Gasteiger partial charge on any atom is -0.494 e. The van der Waals surface area contributed by atoms with Gasteiger partial charge in [0.25, 0.3) is 0 Å². The maximum absolute atomic E-state index is 12.4. The average molecular weight is 417 g/mol. The van der Waals surface area contributed by atoms with Crippen molar-refractivity contribution in [3.05, 3.63) is 90.0 Å². The number of rotatable bonds is 11. The predicted molar refractivity (Wildman–Crippen MR) is 123 cm³/mol. The summed E-state index contributed by atoms with van der Waals surface area (Å²) >= 11 is 0. The number of carbonyl (C=O) groups is 2. The average Bonchev–Trinajstić information content (AvgIpc) is 2.83. The molecule has 0 aliphatic carbocycles. The lowest BCUT2D eigenvalue weighted by Gasteiger charge is -2.08. The fourth-order valence-electron chi connectivity index (χ4n) is 3.18. The van der Waals surface area contributed by atoms with Gasteiger partial charge >= 0.3 is 5.97 Å². The Labute approximate surface area is 183 Å². The van der Waals surface area contributed by atoms with Crippen LogP contribution < -0.4 is 4.74 Å².